The number of aliphatic hydroxyl groups is 4. The maximum Gasteiger partial charge on any atom is 0.111 e. The van der Waals surface area contributed by atoms with Gasteiger partial charge in [0, 0.05) is 12.4 Å². The molecule has 0 saturated heterocycles. The molecule has 4 N–H and O–H groups in total. The second kappa shape index (κ2) is 13.8. The van der Waals surface area contributed by atoms with Gasteiger partial charge >= 0.3 is 0 Å². The molecule has 0 aromatic heterocycles. The molecule has 0 aliphatic carbocycles. The Morgan fingerprint density at radius 3 is 2.00 bits per heavy atom. The molecule has 0 unspecified atom stereocenters. The smallest absolute Gasteiger partial charge is 0.111 e. The highest BCUT2D eigenvalue weighted by atomic mass is 32.1. The fraction of sp³-hybridized carbons (Fsp3) is 1.00. The Morgan fingerprint density at radius 2 is 1.48 bits per heavy atom. The summed E-state index contributed by atoms with van der Waals surface area (Å²) in [5, 5.41) is 37.6. The van der Waals surface area contributed by atoms with E-state index in [0.29, 0.717) is 6.61 Å². The molecule has 128 valence electrons. The second-order valence-electron chi connectivity index (χ2n) is 5.44. The third-order valence-electron chi connectivity index (χ3n) is 3.57. The van der Waals surface area contributed by atoms with Gasteiger partial charge in [0.15, 0.2) is 0 Å². The molecule has 4 atom stereocenters. The molecule has 21 heavy (non-hydrogen) atoms. The molecular formula is C15H32O5S. The maximum atomic E-state index is 9.88. The second-order valence-corrected chi connectivity index (χ2v) is 5.81. The quantitative estimate of drug-likeness (QED) is 0.244. The molecule has 5 nitrogen and oxygen atoms in total. The van der Waals surface area contributed by atoms with Gasteiger partial charge in [-0.25, -0.2) is 0 Å². The first-order valence-corrected chi connectivity index (χ1v) is 8.59. The highest BCUT2D eigenvalue weighted by Gasteiger charge is 2.30. The number of thiol groups is 1. The predicted octanol–water partition coefficient (Wildman–Crippen LogP) is 1.13. The van der Waals surface area contributed by atoms with Crippen molar-refractivity contribution in [1.29, 1.82) is 0 Å². The SMILES string of the molecule is CCCCCCCCCO[C@@H](CS)[C@@H](O)[C@H](O)[C@H](O)CO. The number of aliphatic hydroxyl groups excluding tert-OH is 4. The molecule has 0 fully saturated rings. The Bertz CT molecular complexity index is 230. The van der Waals surface area contributed by atoms with E-state index in [1.807, 2.05) is 0 Å². The van der Waals surface area contributed by atoms with E-state index in [2.05, 4.69) is 19.6 Å². The summed E-state index contributed by atoms with van der Waals surface area (Å²) in [6, 6.07) is 0. The number of hydrogen-bond donors (Lipinski definition) is 5. The van der Waals surface area contributed by atoms with Crippen molar-refractivity contribution < 1.29 is 25.2 Å². The predicted molar refractivity (Wildman–Crippen MR) is 86.7 cm³/mol. The van der Waals surface area contributed by atoms with E-state index in [1.54, 1.807) is 0 Å². The van der Waals surface area contributed by atoms with Crippen LogP contribution in [0.1, 0.15) is 51.9 Å². The van der Waals surface area contributed by atoms with Crippen molar-refractivity contribution in [3.05, 3.63) is 0 Å². The van der Waals surface area contributed by atoms with Crippen molar-refractivity contribution in [3.63, 3.8) is 0 Å². The van der Waals surface area contributed by atoms with E-state index in [4.69, 9.17) is 9.84 Å². The fourth-order valence-electron chi connectivity index (χ4n) is 2.11. The van der Waals surface area contributed by atoms with Crippen LogP contribution in [-0.2, 0) is 4.74 Å². The van der Waals surface area contributed by atoms with Crippen molar-refractivity contribution in [3.8, 4) is 0 Å². The molecular weight excluding hydrogens is 292 g/mol. The van der Waals surface area contributed by atoms with Crippen molar-refractivity contribution in [2.45, 2.75) is 76.3 Å². The zero-order valence-corrected chi connectivity index (χ0v) is 13.9. The van der Waals surface area contributed by atoms with Gasteiger partial charge in [-0.3, -0.25) is 0 Å². The Balaban J connectivity index is 3.79. The van der Waals surface area contributed by atoms with Crippen LogP contribution in [-0.4, -0.2) is 63.8 Å². The van der Waals surface area contributed by atoms with Crippen LogP contribution in [0, 0.1) is 0 Å². The minimum absolute atomic E-state index is 0.243. The summed E-state index contributed by atoms with van der Waals surface area (Å²) < 4.78 is 5.52. The third kappa shape index (κ3) is 9.71. The van der Waals surface area contributed by atoms with Crippen molar-refractivity contribution in [1.82, 2.24) is 0 Å². The standard InChI is InChI=1S/C15H32O5S/c1-2-3-4-5-6-7-8-9-20-13(11-21)15(19)14(18)12(17)10-16/h12-19,21H,2-11H2,1H3/t12-,13+,14-,15-/m1/s1. The van der Waals surface area contributed by atoms with Gasteiger partial charge in [-0.05, 0) is 6.42 Å². The summed E-state index contributed by atoms with van der Waals surface area (Å²) in [4.78, 5) is 0. The van der Waals surface area contributed by atoms with E-state index < -0.39 is 31.0 Å². The molecule has 0 aliphatic heterocycles. The summed E-state index contributed by atoms with van der Waals surface area (Å²) in [6.45, 7) is 2.09. The van der Waals surface area contributed by atoms with Gasteiger partial charge < -0.3 is 25.2 Å². The van der Waals surface area contributed by atoms with Crippen LogP contribution in [0.3, 0.4) is 0 Å². The Kier molecular flexibility index (Phi) is 13.9. The Labute approximate surface area is 133 Å². The number of ether oxygens (including phenoxy) is 1. The van der Waals surface area contributed by atoms with Gasteiger partial charge in [0.05, 0.1) is 12.7 Å². The highest BCUT2D eigenvalue weighted by molar-refractivity contribution is 7.80. The summed E-state index contributed by atoms with van der Waals surface area (Å²) >= 11 is 4.09. The Morgan fingerprint density at radius 1 is 0.905 bits per heavy atom. The molecule has 0 saturated carbocycles. The third-order valence-corrected chi connectivity index (χ3v) is 3.93. The van der Waals surface area contributed by atoms with Crippen LogP contribution in [0.5, 0.6) is 0 Å². The maximum absolute atomic E-state index is 9.88. The van der Waals surface area contributed by atoms with Gasteiger partial charge in [-0.2, -0.15) is 12.6 Å². The molecule has 0 bridgehead atoms. The molecule has 0 amide bonds. The molecule has 0 radical (unpaired) electrons. The first kappa shape index (κ1) is 21.1. The molecule has 0 heterocycles. The lowest BCUT2D eigenvalue weighted by Crippen LogP contribution is -2.47. The topological polar surface area (TPSA) is 90.2 Å². The minimum Gasteiger partial charge on any atom is -0.394 e. The number of unbranched alkanes of at least 4 members (excludes halogenated alkanes) is 6. The molecule has 0 spiro atoms. The minimum atomic E-state index is -1.43. The molecule has 0 aromatic rings. The normalized spacial score (nSPS) is 17.4. The lowest BCUT2D eigenvalue weighted by molar-refractivity contribution is -0.124. The van der Waals surface area contributed by atoms with E-state index in [-0.39, 0.29) is 5.75 Å². The Hall–Kier alpha value is 0.150. The van der Waals surface area contributed by atoms with Crippen LogP contribution in [0.15, 0.2) is 0 Å². The van der Waals surface area contributed by atoms with E-state index in [1.165, 1.54) is 32.1 Å². The molecule has 0 rings (SSSR count). The van der Waals surface area contributed by atoms with E-state index >= 15 is 0 Å². The average Bonchev–Trinajstić information content (AvgIpc) is 2.51. The van der Waals surface area contributed by atoms with Crippen molar-refractivity contribution in [2.75, 3.05) is 19.0 Å². The molecule has 0 aliphatic rings. The summed E-state index contributed by atoms with van der Waals surface area (Å²) in [7, 11) is 0. The highest BCUT2D eigenvalue weighted by Crippen LogP contribution is 2.12. The first-order chi connectivity index (χ1) is 10.1. The van der Waals surface area contributed by atoms with Gasteiger partial charge in [0.25, 0.3) is 0 Å². The van der Waals surface area contributed by atoms with Gasteiger partial charge in [0.2, 0.25) is 0 Å². The van der Waals surface area contributed by atoms with Gasteiger partial charge in [-0.1, -0.05) is 45.4 Å². The van der Waals surface area contributed by atoms with Crippen LogP contribution < -0.4 is 0 Å². The monoisotopic (exact) mass is 324 g/mol. The van der Waals surface area contributed by atoms with Crippen molar-refractivity contribution in [2.24, 2.45) is 0 Å². The van der Waals surface area contributed by atoms with Crippen molar-refractivity contribution >= 4 is 12.6 Å². The van der Waals surface area contributed by atoms with Gasteiger partial charge in [-0.15, -0.1) is 0 Å². The van der Waals surface area contributed by atoms with Crippen LogP contribution in [0.2, 0.25) is 0 Å². The lowest BCUT2D eigenvalue weighted by atomic mass is 10.0. The van der Waals surface area contributed by atoms with E-state index in [9.17, 15) is 15.3 Å². The average molecular weight is 324 g/mol. The summed E-state index contributed by atoms with van der Waals surface area (Å²) in [5.74, 6) is 0.243. The van der Waals surface area contributed by atoms with Crippen LogP contribution in [0.4, 0.5) is 0 Å². The first-order valence-electron chi connectivity index (χ1n) is 7.96. The van der Waals surface area contributed by atoms with Crippen LogP contribution >= 0.6 is 12.6 Å². The molecule has 6 heteroatoms. The van der Waals surface area contributed by atoms with Gasteiger partial charge in [0.1, 0.15) is 18.3 Å². The number of hydrogen-bond acceptors (Lipinski definition) is 6. The lowest BCUT2D eigenvalue weighted by Gasteiger charge is -2.28. The zero-order chi connectivity index (χ0) is 16.1. The molecule has 0 aromatic carbocycles. The largest absolute Gasteiger partial charge is 0.394 e. The number of rotatable bonds is 14. The summed E-state index contributed by atoms with van der Waals surface area (Å²) in [5.41, 5.74) is 0. The zero-order valence-electron chi connectivity index (χ0n) is 13.0. The van der Waals surface area contributed by atoms with E-state index in [0.717, 1.165) is 12.8 Å². The van der Waals surface area contributed by atoms with Crippen LogP contribution in [0.25, 0.3) is 0 Å². The fourth-order valence-corrected chi connectivity index (χ4v) is 2.43. The summed E-state index contributed by atoms with van der Waals surface area (Å²) in [6.07, 6.45) is 3.52.